The van der Waals surface area contributed by atoms with Crippen molar-refractivity contribution in [1.82, 2.24) is 5.32 Å². The number of hydrogen-bond donors (Lipinski definition) is 1. The lowest BCUT2D eigenvalue weighted by Gasteiger charge is -2.41. The van der Waals surface area contributed by atoms with Crippen molar-refractivity contribution >= 4 is 23.5 Å². The first kappa shape index (κ1) is 14.9. The third kappa shape index (κ3) is 3.97. The van der Waals surface area contributed by atoms with Crippen LogP contribution in [0, 0.1) is 0 Å². The van der Waals surface area contributed by atoms with Crippen LogP contribution in [-0.2, 0) is 16.1 Å². The fourth-order valence-corrected chi connectivity index (χ4v) is 2.44. The van der Waals surface area contributed by atoms with E-state index in [4.69, 9.17) is 16.3 Å². The molecule has 1 fully saturated rings. The molecule has 1 aliphatic carbocycles. The Kier molecular flexibility index (Phi) is 5.01. The minimum absolute atomic E-state index is 0.0114. The summed E-state index contributed by atoms with van der Waals surface area (Å²) in [7, 11) is 0. The summed E-state index contributed by atoms with van der Waals surface area (Å²) in [5, 5.41) is 2.82. The maximum absolute atomic E-state index is 11.8. The highest BCUT2D eigenvalue weighted by atomic mass is 35.5. The van der Waals surface area contributed by atoms with E-state index < -0.39 is 11.6 Å². The molecule has 1 amide bonds. The van der Waals surface area contributed by atoms with Gasteiger partial charge in [-0.2, -0.15) is 0 Å². The highest BCUT2D eigenvalue weighted by molar-refractivity contribution is 6.27. The summed E-state index contributed by atoms with van der Waals surface area (Å²) in [5.74, 6) is -0.0580. The summed E-state index contributed by atoms with van der Waals surface area (Å²) in [6.07, 6.45) is 2.42. The van der Waals surface area contributed by atoms with Gasteiger partial charge in [-0.15, -0.1) is 11.6 Å². The molecule has 0 saturated heterocycles. The number of ketones is 1. The van der Waals surface area contributed by atoms with Crippen molar-refractivity contribution in [2.24, 2.45) is 0 Å². The van der Waals surface area contributed by atoms with Gasteiger partial charge in [0.25, 0.3) is 0 Å². The van der Waals surface area contributed by atoms with Crippen LogP contribution in [0.4, 0.5) is 4.79 Å². The van der Waals surface area contributed by atoms with Gasteiger partial charge in [0.1, 0.15) is 12.4 Å². The fourth-order valence-electron chi connectivity index (χ4n) is 2.35. The molecule has 0 aromatic heterocycles. The van der Waals surface area contributed by atoms with Gasteiger partial charge in [-0.25, -0.2) is 4.79 Å². The molecule has 5 heteroatoms. The summed E-state index contributed by atoms with van der Waals surface area (Å²) in [6.45, 7) is 0.228. The second-order valence-electron chi connectivity index (χ2n) is 5.17. The zero-order valence-electron chi connectivity index (χ0n) is 11.2. The van der Waals surface area contributed by atoms with E-state index in [2.05, 4.69) is 5.32 Å². The SMILES string of the molecule is O=C(CCl)CC1(NC(=O)OCc2ccccc2)CCC1. The van der Waals surface area contributed by atoms with Gasteiger partial charge in [0.05, 0.1) is 11.4 Å². The van der Waals surface area contributed by atoms with E-state index in [1.165, 1.54) is 0 Å². The molecular weight excluding hydrogens is 278 g/mol. The first-order valence-corrected chi connectivity index (χ1v) is 7.23. The molecule has 0 radical (unpaired) electrons. The predicted molar refractivity (Wildman–Crippen MR) is 76.7 cm³/mol. The first-order valence-electron chi connectivity index (χ1n) is 6.70. The van der Waals surface area contributed by atoms with Crippen molar-refractivity contribution in [3.63, 3.8) is 0 Å². The largest absolute Gasteiger partial charge is 0.445 e. The van der Waals surface area contributed by atoms with Gasteiger partial charge in [-0.05, 0) is 24.8 Å². The van der Waals surface area contributed by atoms with E-state index >= 15 is 0 Å². The van der Waals surface area contributed by atoms with Gasteiger partial charge < -0.3 is 10.1 Å². The zero-order valence-corrected chi connectivity index (χ0v) is 12.0. The Morgan fingerprint density at radius 3 is 2.50 bits per heavy atom. The van der Waals surface area contributed by atoms with Gasteiger partial charge in [-0.1, -0.05) is 30.3 Å². The van der Waals surface area contributed by atoms with E-state index in [0.717, 1.165) is 24.8 Å². The van der Waals surface area contributed by atoms with E-state index in [1.54, 1.807) is 0 Å². The number of alkyl halides is 1. The van der Waals surface area contributed by atoms with Crippen molar-refractivity contribution in [3.05, 3.63) is 35.9 Å². The maximum atomic E-state index is 11.8. The summed E-state index contributed by atoms with van der Waals surface area (Å²) in [6, 6.07) is 9.48. The minimum atomic E-state index is -0.476. The minimum Gasteiger partial charge on any atom is -0.445 e. The van der Waals surface area contributed by atoms with Gasteiger partial charge >= 0.3 is 6.09 Å². The topological polar surface area (TPSA) is 55.4 Å². The standard InChI is InChI=1S/C15H18ClNO3/c16-10-13(18)9-15(7-4-8-15)17-14(19)20-11-12-5-2-1-3-6-12/h1-3,5-6H,4,7-11H2,(H,17,19). The normalized spacial score (nSPS) is 16.1. The van der Waals surface area contributed by atoms with E-state index in [1.807, 2.05) is 30.3 Å². The lowest BCUT2D eigenvalue weighted by Crippen LogP contribution is -2.54. The number of carbonyl (C=O) groups is 2. The fraction of sp³-hybridized carbons (Fsp3) is 0.467. The Morgan fingerprint density at radius 1 is 1.25 bits per heavy atom. The molecule has 0 spiro atoms. The predicted octanol–water partition coefficient (Wildman–Crippen LogP) is 3.03. The molecule has 0 bridgehead atoms. The van der Waals surface area contributed by atoms with Gasteiger partial charge in [0, 0.05) is 6.42 Å². The molecule has 4 nitrogen and oxygen atoms in total. The number of carbonyl (C=O) groups excluding carboxylic acids is 2. The van der Waals surface area contributed by atoms with E-state index in [0.29, 0.717) is 0 Å². The Bertz CT molecular complexity index is 471. The van der Waals surface area contributed by atoms with Crippen LogP contribution in [0.1, 0.15) is 31.2 Å². The van der Waals surface area contributed by atoms with Crippen molar-refractivity contribution < 1.29 is 14.3 Å². The zero-order chi connectivity index (χ0) is 14.4. The lowest BCUT2D eigenvalue weighted by atomic mass is 9.73. The molecule has 1 aromatic carbocycles. The number of benzene rings is 1. The second kappa shape index (κ2) is 6.75. The summed E-state index contributed by atoms with van der Waals surface area (Å²) in [5.41, 5.74) is 0.488. The molecule has 108 valence electrons. The van der Waals surface area contributed by atoms with Crippen LogP contribution in [0.15, 0.2) is 30.3 Å². The average Bonchev–Trinajstić information content (AvgIpc) is 2.43. The highest BCUT2D eigenvalue weighted by Gasteiger charge is 2.40. The van der Waals surface area contributed by atoms with Crippen molar-refractivity contribution in [1.29, 1.82) is 0 Å². The van der Waals surface area contributed by atoms with Crippen LogP contribution >= 0.6 is 11.6 Å². The van der Waals surface area contributed by atoms with Crippen LogP contribution in [-0.4, -0.2) is 23.3 Å². The number of ether oxygens (including phenoxy) is 1. The molecule has 0 aliphatic heterocycles. The van der Waals surface area contributed by atoms with Crippen LogP contribution in [0.25, 0.3) is 0 Å². The Balaban J connectivity index is 1.82. The van der Waals surface area contributed by atoms with E-state index in [-0.39, 0.29) is 24.7 Å². The quantitative estimate of drug-likeness (QED) is 0.821. The second-order valence-corrected chi connectivity index (χ2v) is 5.44. The monoisotopic (exact) mass is 295 g/mol. The number of halogens is 1. The van der Waals surface area contributed by atoms with Gasteiger partial charge in [0.2, 0.25) is 0 Å². The molecular formula is C15H18ClNO3. The lowest BCUT2D eigenvalue weighted by molar-refractivity contribution is -0.118. The molecule has 20 heavy (non-hydrogen) atoms. The Morgan fingerprint density at radius 2 is 1.95 bits per heavy atom. The first-order chi connectivity index (χ1) is 9.63. The van der Waals surface area contributed by atoms with Crippen LogP contribution in [0.3, 0.4) is 0 Å². The number of hydrogen-bond acceptors (Lipinski definition) is 3. The van der Waals surface area contributed by atoms with E-state index in [9.17, 15) is 9.59 Å². The number of amides is 1. The van der Waals surface area contributed by atoms with Gasteiger partial charge in [-0.3, -0.25) is 4.79 Å². The summed E-state index contributed by atoms with van der Waals surface area (Å²) >= 11 is 5.52. The summed E-state index contributed by atoms with van der Waals surface area (Å²) in [4.78, 5) is 23.3. The molecule has 1 N–H and O–H groups in total. The van der Waals surface area contributed by atoms with Crippen LogP contribution in [0.5, 0.6) is 0 Å². The van der Waals surface area contributed by atoms with Crippen LogP contribution in [0.2, 0.25) is 0 Å². The number of Topliss-reactive ketones (excluding diaryl/α,β-unsaturated/α-hetero) is 1. The number of nitrogens with one attached hydrogen (secondary N) is 1. The summed E-state index contributed by atoms with van der Waals surface area (Å²) < 4.78 is 5.18. The van der Waals surface area contributed by atoms with Crippen molar-refractivity contribution in [2.45, 2.75) is 37.8 Å². The molecule has 2 rings (SSSR count). The van der Waals surface area contributed by atoms with Gasteiger partial charge in [0.15, 0.2) is 0 Å². The van der Waals surface area contributed by atoms with Crippen LogP contribution < -0.4 is 5.32 Å². The molecule has 0 heterocycles. The van der Waals surface area contributed by atoms with Crippen molar-refractivity contribution in [2.75, 3.05) is 5.88 Å². The van der Waals surface area contributed by atoms with Crippen molar-refractivity contribution in [3.8, 4) is 0 Å². The smallest absolute Gasteiger partial charge is 0.407 e. The third-order valence-electron chi connectivity index (χ3n) is 3.58. The molecule has 1 saturated carbocycles. The maximum Gasteiger partial charge on any atom is 0.407 e. The Hall–Kier alpha value is -1.55. The molecule has 1 aromatic rings. The third-order valence-corrected chi connectivity index (χ3v) is 3.87. The molecule has 0 unspecified atom stereocenters. The molecule has 1 aliphatic rings. The average molecular weight is 296 g/mol. The Labute approximate surface area is 123 Å². The molecule has 0 atom stereocenters. The highest BCUT2D eigenvalue weighted by Crippen LogP contribution is 2.35. The number of rotatable bonds is 6. The number of alkyl carbamates (subject to hydrolysis) is 1.